The van der Waals surface area contributed by atoms with Crippen molar-refractivity contribution in [2.45, 2.75) is 45.3 Å². The second-order valence-corrected chi connectivity index (χ2v) is 5.64. The predicted molar refractivity (Wildman–Crippen MR) is 77.9 cm³/mol. The maximum atomic E-state index is 11.9. The summed E-state index contributed by atoms with van der Waals surface area (Å²) in [6, 6.07) is 7.11. The Balaban J connectivity index is 1.76. The van der Waals surface area contributed by atoms with Gasteiger partial charge in [-0.05, 0) is 63.3 Å². The summed E-state index contributed by atoms with van der Waals surface area (Å²) in [5, 5.41) is 12.6. The normalized spacial score (nSPS) is 16.0. The van der Waals surface area contributed by atoms with Gasteiger partial charge in [-0.2, -0.15) is 0 Å². The van der Waals surface area contributed by atoms with E-state index in [4.69, 9.17) is 4.74 Å². The van der Waals surface area contributed by atoms with Gasteiger partial charge in [-0.1, -0.05) is 0 Å². The molecule has 20 heavy (non-hydrogen) atoms. The highest BCUT2D eigenvalue weighted by Crippen LogP contribution is 2.33. The van der Waals surface area contributed by atoms with Gasteiger partial charge in [0.15, 0.2) is 0 Å². The van der Waals surface area contributed by atoms with Crippen LogP contribution in [0.1, 0.15) is 43.5 Å². The van der Waals surface area contributed by atoms with Crippen molar-refractivity contribution in [3.05, 3.63) is 29.8 Å². The maximum absolute atomic E-state index is 11.9. The summed E-state index contributed by atoms with van der Waals surface area (Å²) < 4.78 is 5.53. The number of aliphatic hydroxyl groups excluding tert-OH is 1. The van der Waals surface area contributed by atoms with E-state index in [2.05, 4.69) is 5.32 Å². The summed E-state index contributed by atoms with van der Waals surface area (Å²) in [5.41, 5.74) is 0.613. The highest BCUT2D eigenvalue weighted by atomic mass is 16.5. The highest BCUT2D eigenvalue weighted by molar-refractivity contribution is 5.94. The van der Waals surface area contributed by atoms with E-state index in [1.807, 2.05) is 13.8 Å². The quantitative estimate of drug-likeness (QED) is 0.804. The van der Waals surface area contributed by atoms with Gasteiger partial charge in [0.2, 0.25) is 0 Å². The Morgan fingerprint density at radius 2 is 2.00 bits per heavy atom. The summed E-state index contributed by atoms with van der Waals surface area (Å²) >= 11 is 0. The SMILES string of the molecule is CC(C)Oc1ccc(C(=O)NCCC(O)C2CC2)cc1. The number of hydrogen-bond donors (Lipinski definition) is 2. The van der Waals surface area contributed by atoms with Crippen LogP contribution in [0, 0.1) is 5.92 Å². The van der Waals surface area contributed by atoms with Crippen molar-refractivity contribution in [1.29, 1.82) is 0 Å². The molecular formula is C16H23NO3. The molecule has 1 aliphatic rings. The van der Waals surface area contributed by atoms with Crippen LogP contribution in [0.15, 0.2) is 24.3 Å². The number of amides is 1. The van der Waals surface area contributed by atoms with Gasteiger partial charge in [0, 0.05) is 12.1 Å². The fraction of sp³-hybridized carbons (Fsp3) is 0.562. The lowest BCUT2D eigenvalue weighted by Crippen LogP contribution is -2.27. The van der Waals surface area contributed by atoms with Crippen molar-refractivity contribution in [2.75, 3.05) is 6.54 Å². The van der Waals surface area contributed by atoms with Crippen molar-refractivity contribution in [1.82, 2.24) is 5.32 Å². The molecule has 1 saturated carbocycles. The fourth-order valence-corrected chi connectivity index (χ4v) is 2.11. The molecule has 2 N–H and O–H groups in total. The molecule has 1 amide bonds. The molecule has 0 aliphatic heterocycles. The average Bonchev–Trinajstić information content (AvgIpc) is 3.23. The third kappa shape index (κ3) is 4.53. The Kier molecular flexibility index (Phi) is 5.01. The number of hydrogen-bond acceptors (Lipinski definition) is 3. The summed E-state index contributed by atoms with van der Waals surface area (Å²) in [6.45, 7) is 4.44. The first kappa shape index (κ1) is 14.9. The van der Waals surface area contributed by atoms with Gasteiger partial charge in [-0.15, -0.1) is 0 Å². The minimum absolute atomic E-state index is 0.107. The van der Waals surface area contributed by atoms with Gasteiger partial charge in [0.05, 0.1) is 12.2 Å². The number of nitrogens with one attached hydrogen (secondary N) is 1. The van der Waals surface area contributed by atoms with E-state index in [1.165, 1.54) is 0 Å². The monoisotopic (exact) mass is 277 g/mol. The van der Waals surface area contributed by atoms with Crippen LogP contribution >= 0.6 is 0 Å². The van der Waals surface area contributed by atoms with Gasteiger partial charge in [0.1, 0.15) is 5.75 Å². The van der Waals surface area contributed by atoms with Crippen molar-refractivity contribution < 1.29 is 14.6 Å². The Bertz CT molecular complexity index is 438. The van der Waals surface area contributed by atoms with Crippen molar-refractivity contribution in [3.63, 3.8) is 0 Å². The van der Waals surface area contributed by atoms with Crippen LogP contribution in [0.3, 0.4) is 0 Å². The lowest BCUT2D eigenvalue weighted by molar-refractivity contribution is 0.0937. The second kappa shape index (κ2) is 6.75. The van der Waals surface area contributed by atoms with Gasteiger partial charge < -0.3 is 15.2 Å². The van der Waals surface area contributed by atoms with E-state index in [1.54, 1.807) is 24.3 Å². The average molecular weight is 277 g/mol. The largest absolute Gasteiger partial charge is 0.491 e. The molecule has 2 rings (SSSR count). The van der Waals surface area contributed by atoms with E-state index in [0.29, 0.717) is 24.4 Å². The highest BCUT2D eigenvalue weighted by Gasteiger charge is 2.29. The summed E-state index contributed by atoms with van der Waals surface area (Å²) in [5.74, 6) is 1.11. The molecule has 0 saturated heterocycles. The second-order valence-electron chi connectivity index (χ2n) is 5.64. The molecule has 1 unspecified atom stereocenters. The van der Waals surface area contributed by atoms with E-state index in [-0.39, 0.29) is 18.1 Å². The van der Waals surface area contributed by atoms with E-state index in [0.717, 1.165) is 18.6 Å². The Morgan fingerprint density at radius 3 is 2.55 bits per heavy atom. The standard InChI is InChI=1S/C16H23NO3/c1-11(2)20-14-7-5-13(6-8-14)16(19)17-10-9-15(18)12-3-4-12/h5-8,11-12,15,18H,3-4,9-10H2,1-2H3,(H,17,19). The van der Waals surface area contributed by atoms with Crippen molar-refractivity contribution in [3.8, 4) is 5.75 Å². The molecule has 1 aliphatic carbocycles. The van der Waals surface area contributed by atoms with Gasteiger partial charge in [0.25, 0.3) is 5.91 Å². The maximum Gasteiger partial charge on any atom is 0.251 e. The Labute approximate surface area is 120 Å². The number of benzene rings is 1. The third-order valence-electron chi connectivity index (χ3n) is 3.38. The zero-order chi connectivity index (χ0) is 14.5. The number of rotatable bonds is 7. The Hall–Kier alpha value is -1.55. The van der Waals surface area contributed by atoms with E-state index < -0.39 is 0 Å². The molecule has 0 bridgehead atoms. The predicted octanol–water partition coefficient (Wildman–Crippen LogP) is 2.36. The zero-order valence-corrected chi connectivity index (χ0v) is 12.1. The van der Waals surface area contributed by atoms with Crippen LogP contribution in [-0.2, 0) is 0 Å². The first-order chi connectivity index (χ1) is 9.56. The van der Waals surface area contributed by atoms with Crippen LogP contribution in [0.25, 0.3) is 0 Å². The Morgan fingerprint density at radius 1 is 1.35 bits per heavy atom. The summed E-state index contributed by atoms with van der Waals surface area (Å²) in [7, 11) is 0. The van der Waals surface area contributed by atoms with Crippen LogP contribution in [0.4, 0.5) is 0 Å². The fourth-order valence-electron chi connectivity index (χ4n) is 2.11. The number of aliphatic hydroxyl groups is 1. The molecule has 0 aromatic heterocycles. The first-order valence-electron chi connectivity index (χ1n) is 7.29. The van der Waals surface area contributed by atoms with Gasteiger partial charge in [-0.25, -0.2) is 0 Å². The van der Waals surface area contributed by atoms with Crippen LogP contribution in [0.5, 0.6) is 5.75 Å². The molecular weight excluding hydrogens is 254 g/mol. The molecule has 110 valence electrons. The minimum Gasteiger partial charge on any atom is -0.491 e. The minimum atomic E-state index is -0.267. The molecule has 0 heterocycles. The van der Waals surface area contributed by atoms with Crippen molar-refractivity contribution >= 4 is 5.91 Å². The molecule has 1 atom stereocenters. The third-order valence-corrected chi connectivity index (χ3v) is 3.38. The smallest absolute Gasteiger partial charge is 0.251 e. The van der Waals surface area contributed by atoms with E-state index in [9.17, 15) is 9.90 Å². The van der Waals surface area contributed by atoms with Crippen LogP contribution < -0.4 is 10.1 Å². The molecule has 1 aromatic rings. The molecule has 1 fully saturated rings. The molecule has 4 nitrogen and oxygen atoms in total. The molecule has 0 spiro atoms. The van der Waals surface area contributed by atoms with Gasteiger partial charge >= 0.3 is 0 Å². The summed E-state index contributed by atoms with van der Waals surface area (Å²) in [4.78, 5) is 11.9. The van der Waals surface area contributed by atoms with Crippen molar-refractivity contribution in [2.24, 2.45) is 5.92 Å². The number of carbonyl (C=O) groups excluding carboxylic acids is 1. The molecule has 4 heteroatoms. The first-order valence-corrected chi connectivity index (χ1v) is 7.29. The molecule has 0 radical (unpaired) electrons. The van der Waals surface area contributed by atoms with Crippen LogP contribution in [-0.4, -0.2) is 29.8 Å². The lowest BCUT2D eigenvalue weighted by Gasteiger charge is -2.11. The lowest BCUT2D eigenvalue weighted by atomic mass is 10.1. The zero-order valence-electron chi connectivity index (χ0n) is 12.1. The number of ether oxygens (including phenoxy) is 1. The molecule has 1 aromatic carbocycles. The topological polar surface area (TPSA) is 58.6 Å². The summed E-state index contributed by atoms with van der Waals surface area (Å²) in [6.07, 6.45) is 2.72. The van der Waals surface area contributed by atoms with Gasteiger partial charge in [-0.3, -0.25) is 4.79 Å². The van der Waals surface area contributed by atoms with E-state index >= 15 is 0 Å². The van der Waals surface area contributed by atoms with Crippen LogP contribution in [0.2, 0.25) is 0 Å². The number of carbonyl (C=O) groups is 1.